The highest BCUT2D eigenvalue weighted by Gasteiger charge is 2.23. The molecule has 10 heteroatoms. The Balaban J connectivity index is 1.20. The molecule has 37 heavy (non-hydrogen) atoms. The van der Waals surface area contributed by atoms with E-state index >= 15 is 0 Å². The molecule has 3 aromatic heterocycles. The van der Waals surface area contributed by atoms with E-state index in [9.17, 15) is 0 Å². The van der Waals surface area contributed by atoms with Gasteiger partial charge in [0.15, 0.2) is 5.01 Å². The second-order valence-electron chi connectivity index (χ2n) is 9.16. The van der Waals surface area contributed by atoms with Crippen molar-refractivity contribution in [1.82, 2.24) is 30.3 Å². The Kier molecular flexibility index (Phi) is 6.60. The predicted molar refractivity (Wildman–Crippen MR) is 150 cm³/mol. The summed E-state index contributed by atoms with van der Waals surface area (Å²) >= 11 is 2.88. The van der Waals surface area contributed by atoms with Gasteiger partial charge in [-0.15, -0.1) is 20.4 Å². The average Bonchev–Trinajstić information content (AvgIpc) is 3.58. The van der Waals surface area contributed by atoms with Gasteiger partial charge in [-0.3, -0.25) is 9.88 Å². The second kappa shape index (κ2) is 10.3. The van der Waals surface area contributed by atoms with E-state index in [0.29, 0.717) is 16.2 Å². The van der Waals surface area contributed by atoms with Gasteiger partial charge in [-0.25, -0.2) is 0 Å². The lowest BCUT2D eigenvalue weighted by Crippen LogP contribution is -2.32. The number of piperidine rings is 1. The molecule has 0 atom stereocenters. The zero-order valence-corrected chi connectivity index (χ0v) is 21.8. The molecule has 0 amide bonds. The highest BCUT2D eigenvalue weighted by atomic mass is 32.1. The van der Waals surface area contributed by atoms with Crippen molar-refractivity contribution in [2.75, 3.05) is 24.6 Å². The lowest BCUT2D eigenvalue weighted by atomic mass is 9.96. The number of aromatic nitrogens is 5. The average molecular weight is 527 g/mol. The third-order valence-corrected chi connectivity index (χ3v) is 8.40. The van der Waals surface area contributed by atoms with Gasteiger partial charge in [-0.2, -0.15) is 0 Å². The highest BCUT2D eigenvalue weighted by Crippen LogP contribution is 2.35. The Labute approximate surface area is 223 Å². The topological polar surface area (TPSA) is 120 Å². The van der Waals surface area contributed by atoms with Gasteiger partial charge in [0.2, 0.25) is 10.3 Å². The van der Waals surface area contributed by atoms with Crippen molar-refractivity contribution in [2.24, 2.45) is 0 Å². The van der Waals surface area contributed by atoms with E-state index in [4.69, 9.17) is 16.5 Å². The number of hydrogen-bond donors (Lipinski definition) is 2. The molecule has 6 rings (SSSR count). The zero-order valence-electron chi connectivity index (χ0n) is 20.1. The van der Waals surface area contributed by atoms with Crippen LogP contribution in [0, 0.1) is 0 Å². The van der Waals surface area contributed by atoms with Crippen molar-refractivity contribution < 1.29 is 0 Å². The standard InChI is InChI=1S/C27H26N8S2/c28-26-33-31-24(36-26)20-10-12-35(13-11-20)16-17-6-8-19(9-7-17)23-22(18-4-2-1-3-5-18)14-21(15-30-23)25-32-34-27(29)37-25/h1-9,14-15,20H,10-13,16H2,(H2,28,33)(H2,29,34). The Bertz CT molecular complexity index is 1490. The van der Waals surface area contributed by atoms with Crippen molar-refractivity contribution >= 4 is 32.9 Å². The van der Waals surface area contributed by atoms with Gasteiger partial charge >= 0.3 is 0 Å². The summed E-state index contributed by atoms with van der Waals surface area (Å²) in [4.78, 5) is 7.37. The number of pyridine rings is 1. The van der Waals surface area contributed by atoms with E-state index in [1.54, 1.807) is 0 Å². The van der Waals surface area contributed by atoms with E-state index in [0.717, 1.165) is 70.4 Å². The molecule has 2 aromatic carbocycles. The minimum atomic E-state index is 0.449. The molecule has 1 aliphatic rings. The number of benzene rings is 2. The van der Waals surface area contributed by atoms with Gasteiger partial charge in [-0.1, -0.05) is 77.3 Å². The van der Waals surface area contributed by atoms with Crippen molar-refractivity contribution in [3.63, 3.8) is 0 Å². The van der Waals surface area contributed by atoms with Crippen LogP contribution in [0.15, 0.2) is 66.9 Å². The third kappa shape index (κ3) is 5.22. The SMILES string of the molecule is Nc1nnc(-c2cnc(-c3ccc(CN4CCC(c5nnc(N)s5)CC4)cc3)c(-c3ccccc3)c2)s1. The van der Waals surface area contributed by atoms with Gasteiger partial charge in [0.1, 0.15) is 5.01 Å². The van der Waals surface area contributed by atoms with Crippen LogP contribution < -0.4 is 11.5 Å². The number of rotatable bonds is 6. The summed E-state index contributed by atoms with van der Waals surface area (Å²) in [5.74, 6) is 0.468. The fourth-order valence-electron chi connectivity index (χ4n) is 4.78. The first-order valence-corrected chi connectivity index (χ1v) is 13.8. The van der Waals surface area contributed by atoms with Gasteiger partial charge in [-0.05, 0) is 43.1 Å². The van der Waals surface area contributed by atoms with E-state index in [-0.39, 0.29) is 0 Å². The number of likely N-dealkylation sites (tertiary alicyclic amines) is 1. The molecule has 1 fully saturated rings. The van der Waals surface area contributed by atoms with E-state index in [2.05, 4.69) is 67.8 Å². The Morgan fingerprint density at radius 3 is 2.19 bits per heavy atom. The Hall–Kier alpha value is -3.73. The maximum absolute atomic E-state index is 5.81. The van der Waals surface area contributed by atoms with Crippen LogP contribution in [0.1, 0.15) is 29.3 Å². The summed E-state index contributed by atoms with van der Waals surface area (Å²) < 4.78 is 0. The third-order valence-electron chi connectivity index (χ3n) is 6.69. The largest absolute Gasteiger partial charge is 0.374 e. The molecular formula is C27H26N8S2. The molecular weight excluding hydrogens is 500 g/mol. The monoisotopic (exact) mass is 526 g/mol. The van der Waals surface area contributed by atoms with Crippen molar-refractivity contribution in [3.8, 4) is 33.0 Å². The fourth-order valence-corrected chi connectivity index (χ4v) is 6.15. The van der Waals surface area contributed by atoms with Gasteiger partial charge in [0.25, 0.3) is 0 Å². The van der Waals surface area contributed by atoms with Crippen LogP contribution in [0.3, 0.4) is 0 Å². The molecule has 0 bridgehead atoms. The summed E-state index contributed by atoms with van der Waals surface area (Å²) in [6, 6.07) is 21.2. The second-order valence-corrected chi connectivity index (χ2v) is 11.2. The summed E-state index contributed by atoms with van der Waals surface area (Å²) in [5, 5.41) is 19.2. The predicted octanol–water partition coefficient (Wildman–Crippen LogP) is 5.33. The van der Waals surface area contributed by atoms with Gasteiger partial charge in [0, 0.05) is 35.3 Å². The van der Waals surface area contributed by atoms with Crippen LogP contribution >= 0.6 is 22.7 Å². The molecule has 4 heterocycles. The number of hydrogen-bond acceptors (Lipinski definition) is 10. The Morgan fingerprint density at radius 1 is 0.784 bits per heavy atom. The van der Waals surface area contributed by atoms with Crippen LogP contribution in [0.25, 0.3) is 33.0 Å². The minimum Gasteiger partial charge on any atom is -0.374 e. The van der Waals surface area contributed by atoms with Crippen LogP contribution in [0.2, 0.25) is 0 Å². The number of nitrogens with two attached hydrogens (primary N) is 2. The quantitative estimate of drug-likeness (QED) is 0.305. The number of anilines is 2. The van der Waals surface area contributed by atoms with Crippen LogP contribution in [-0.2, 0) is 6.54 Å². The minimum absolute atomic E-state index is 0.449. The maximum atomic E-state index is 5.81. The van der Waals surface area contributed by atoms with E-state index < -0.39 is 0 Å². The number of nitrogens with zero attached hydrogens (tertiary/aromatic N) is 6. The summed E-state index contributed by atoms with van der Waals surface area (Å²) in [5.41, 5.74) is 18.0. The Morgan fingerprint density at radius 2 is 1.51 bits per heavy atom. The van der Waals surface area contributed by atoms with E-state index in [1.165, 1.54) is 28.2 Å². The molecule has 186 valence electrons. The molecule has 8 nitrogen and oxygen atoms in total. The molecule has 0 saturated carbocycles. The molecule has 0 aliphatic carbocycles. The van der Waals surface area contributed by atoms with Crippen LogP contribution in [-0.4, -0.2) is 43.4 Å². The first-order valence-electron chi connectivity index (χ1n) is 12.2. The zero-order chi connectivity index (χ0) is 25.2. The molecule has 1 saturated heterocycles. The van der Waals surface area contributed by atoms with Crippen molar-refractivity contribution in [1.29, 1.82) is 0 Å². The smallest absolute Gasteiger partial charge is 0.203 e. The fraction of sp³-hybridized carbons (Fsp3) is 0.222. The molecule has 0 unspecified atom stereocenters. The summed E-state index contributed by atoms with van der Waals surface area (Å²) in [6.07, 6.45) is 4.03. The highest BCUT2D eigenvalue weighted by molar-refractivity contribution is 7.18. The summed E-state index contributed by atoms with van der Waals surface area (Å²) in [6.45, 7) is 3.02. The molecule has 5 aromatic rings. The van der Waals surface area contributed by atoms with Crippen molar-refractivity contribution in [3.05, 3.63) is 77.4 Å². The molecule has 1 aliphatic heterocycles. The normalized spacial score (nSPS) is 14.7. The maximum Gasteiger partial charge on any atom is 0.203 e. The first kappa shape index (κ1) is 23.7. The molecule has 0 radical (unpaired) electrons. The molecule has 0 spiro atoms. The lowest BCUT2D eigenvalue weighted by molar-refractivity contribution is 0.204. The summed E-state index contributed by atoms with van der Waals surface area (Å²) in [7, 11) is 0. The van der Waals surface area contributed by atoms with Crippen molar-refractivity contribution in [2.45, 2.75) is 25.3 Å². The number of nitrogen functional groups attached to an aromatic ring is 2. The lowest BCUT2D eigenvalue weighted by Gasteiger charge is -2.30. The van der Waals surface area contributed by atoms with Gasteiger partial charge in [0.05, 0.1) is 5.69 Å². The van der Waals surface area contributed by atoms with E-state index in [1.807, 2.05) is 24.4 Å². The van der Waals surface area contributed by atoms with Crippen LogP contribution in [0.4, 0.5) is 10.3 Å². The van der Waals surface area contributed by atoms with Crippen LogP contribution in [0.5, 0.6) is 0 Å². The first-order chi connectivity index (χ1) is 18.1. The molecule has 4 N–H and O–H groups in total. The van der Waals surface area contributed by atoms with Gasteiger partial charge < -0.3 is 11.5 Å².